The number of carbonyl (C=O) groups is 2. The fourth-order valence-corrected chi connectivity index (χ4v) is 1.29. The average molecular weight is 239 g/mol. The molecule has 1 heterocycles. The van der Waals surface area contributed by atoms with Crippen molar-refractivity contribution in [1.82, 2.24) is 25.0 Å². The molecule has 0 radical (unpaired) electrons. The van der Waals surface area contributed by atoms with Gasteiger partial charge in [-0.25, -0.2) is 4.98 Å². The van der Waals surface area contributed by atoms with Gasteiger partial charge in [0.15, 0.2) is 0 Å². The van der Waals surface area contributed by atoms with E-state index in [0.29, 0.717) is 6.54 Å². The molecular weight excluding hydrogens is 222 g/mol. The molecule has 0 atom stereocenters. The summed E-state index contributed by atoms with van der Waals surface area (Å²) in [5, 5.41) is 6.12. The van der Waals surface area contributed by atoms with Crippen molar-refractivity contribution < 1.29 is 9.59 Å². The predicted octanol–water partition coefficient (Wildman–Crippen LogP) is -0.255. The Labute approximate surface area is 99.8 Å². The van der Waals surface area contributed by atoms with Crippen LogP contribution >= 0.6 is 0 Å². The molecule has 0 bridgehead atoms. The normalized spacial score (nSPS) is 10.1. The van der Waals surface area contributed by atoms with E-state index in [9.17, 15) is 9.59 Å². The summed E-state index contributed by atoms with van der Waals surface area (Å²) >= 11 is 0. The third-order valence-corrected chi connectivity index (χ3v) is 2.22. The van der Waals surface area contributed by atoms with Crippen molar-refractivity contribution in [2.45, 2.75) is 13.3 Å². The smallest absolute Gasteiger partial charge is 0.291 e. The van der Waals surface area contributed by atoms with Gasteiger partial charge in [-0.2, -0.15) is 5.10 Å². The molecule has 0 aliphatic carbocycles. The number of amides is 2. The summed E-state index contributed by atoms with van der Waals surface area (Å²) in [7, 11) is 3.32. The molecule has 94 valence electrons. The topological polar surface area (TPSA) is 82.2 Å². The Kier molecular flexibility index (Phi) is 4.62. The Morgan fingerprint density at radius 3 is 2.59 bits per heavy atom. The zero-order valence-corrected chi connectivity index (χ0v) is 10.3. The van der Waals surface area contributed by atoms with Crippen LogP contribution in [0, 0.1) is 0 Å². The van der Waals surface area contributed by atoms with Gasteiger partial charge in [0.25, 0.3) is 5.91 Å². The van der Waals surface area contributed by atoms with Crippen LogP contribution in [0.3, 0.4) is 0 Å². The van der Waals surface area contributed by atoms with Gasteiger partial charge in [0.1, 0.15) is 12.9 Å². The van der Waals surface area contributed by atoms with Crippen molar-refractivity contribution in [3.63, 3.8) is 0 Å². The van der Waals surface area contributed by atoms with E-state index in [1.54, 1.807) is 14.1 Å². The van der Waals surface area contributed by atoms with Crippen LogP contribution in [0.15, 0.2) is 6.33 Å². The van der Waals surface area contributed by atoms with Crippen molar-refractivity contribution in [3.05, 3.63) is 12.2 Å². The Hall–Kier alpha value is -1.92. The first-order valence-electron chi connectivity index (χ1n) is 5.41. The molecule has 17 heavy (non-hydrogen) atoms. The minimum absolute atomic E-state index is 0.0559. The highest BCUT2D eigenvalue weighted by molar-refractivity contribution is 5.93. The minimum atomic E-state index is -0.306. The van der Waals surface area contributed by atoms with Gasteiger partial charge in [0.2, 0.25) is 11.7 Å². The van der Waals surface area contributed by atoms with E-state index in [1.807, 2.05) is 6.92 Å². The lowest BCUT2D eigenvalue weighted by Gasteiger charge is -2.22. The maximum Gasteiger partial charge on any atom is 0.291 e. The highest BCUT2D eigenvalue weighted by Gasteiger charge is 2.20. The number of hydrogen-bond donors (Lipinski definition) is 1. The highest BCUT2D eigenvalue weighted by Crippen LogP contribution is 2.00. The fourth-order valence-electron chi connectivity index (χ4n) is 1.29. The van der Waals surface area contributed by atoms with Crippen molar-refractivity contribution in [3.8, 4) is 0 Å². The summed E-state index contributed by atoms with van der Waals surface area (Å²) in [6.45, 7) is 2.51. The van der Waals surface area contributed by atoms with Crippen LogP contribution in [0.1, 0.15) is 24.0 Å². The van der Waals surface area contributed by atoms with Crippen LogP contribution in [0.4, 0.5) is 0 Å². The van der Waals surface area contributed by atoms with E-state index in [1.165, 1.54) is 16.1 Å². The zero-order chi connectivity index (χ0) is 12.8. The van der Waals surface area contributed by atoms with E-state index >= 15 is 0 Å². The molecule has 0 spiro atoms. The fraction of sp³-hybridized carbons (Fsp3) is 0.600. The van der Waals surface area contributed by atoms with Gasteiger partial charge in [-0.15, -0.1) is 0 Å². The molecule has 2 amide bonds. The SMILES string of the molecule is CCCN(CC(=O)N(C)C)C(=O)c1ncn[nH]1. The van der Waals surface area contributed by atoms with Gasteiger partial charge in [0, 0.05) is 20.6 Å². The number of nitrogens with one attached hydrogen (secondary N) is 1. The molecule has 7 nitrogen and oxygen atoms in total. The van der Waals surface area contributed by atoms with Crippen LogP contribution in [0.5, 0.6) is 0 Å². The van der Waals surface area contributed by atoms with Crippen LogP contribution in [0.2, 0.25) is 0 Å². The second kappa shape index (κ2) is 5.97. The lowest BCUT2D eigenvalue weighted by molar-refractivity contribution is -0.129. The molecule has 0 saturated carbocycles. The number of likely N-dealkylation sites (N-methyl/N-ethyl adjacent to an activating group) is 1. The van der Waals surface area contributed by atoms with E-state index in [-0.39, 0.29) is 24.2 Å². The molecule has 0 aliphatic heterocycles. The first kappa shape index (κ1) is 13.1. The average Bonchev–Trinajstić information content (AvgIpc) is 2.80. The Balaban J connectivity index is 2.72. The third kappa shape index (κ3) is 3.54. The molecular formula is C10H17N5O2. The second-order valence-corrected chi connectivity index (χ2v) is 3.85. The van der Waals surface area contributed by atoms with Gasteiger partial charge in [0.05, 0.1) is 0 Å². The lowest BCUT2D eigenvalue weighted by atomic mass is 10.3. The van der Waals surface area contributed by atoms with E-state index in [2.05, 4.69) is 15.2 Å². The molecule has 1 rings (SSSR count). The van der Waals surface area contributed by atoms with Crippen molar-refractivity contribution in [2.75, 3.05) is 27.2 Å². The van der Waals surface area contributed by atoms with E-state index in [0.717, 1.165) is 6.42 Å². The molecule has 0 saturated heterocycles. The summed E-state index contributed by atoms with van der Waals surface area (Å²) in [5.74, 6) is -0.268. The molecule has 1 aromatic heterocycles. The first-order valence-corrected chi connectivity index (χ1v) is 5.41. The molecule has 1 N–H and O–H groups in total. The third-order valence-electron chi connectivity index (χ3n) is 2.22. The first-order chi connectivity index (χ1) is 8.06. The standard InChI is InChI=1S/C10H17N5O2/c1-4-5-15(6-8(16)14(2)3)10(17)9-11-7-12-13-9/h7H,4-6H2,1-3H3,(H,11,12,13). The van der Waals surface area contributed by atoms with E-state index in [4.69, 9.17) is 0 Å². The summed E-state index contributed by atoms with van der Waals surface area (Å²) in [4.78, 5) is 30.3. The second-order valence-electron chi connectivity index (χ2n) is 3.85. The molecule has 0 unspecified atom stereocenters. The summed E-state index contributed by atoms with van der Waals surface area (Å²) < 4.78 is 0. The Morgan fingerprint density at radius 1 is 1.41 bits per heavy atom. The molecule has 1 aromatic rings. The molecule has 0 aromatic carbocycles. The van der Waals surface area contributed by atoms with Crippen LogP contribution in [-0.2, 0) is 4.79 Å². The quantitative estimate of drug-likeness (QED) is 0.767. The number of aromatic nitrogens is 3. The highest BCUT2D eigenvalue weighted by atomic mass is 16.2. The number of aromatic amines is 1. The van der Waals surface area contributed by atoms with Crippen LogP contribution < -0.4 is 0 Å². The monoisotopic (exact) mass is 239 g/mol. The van der Waals surface area contributed by atoms with Crippen molar-refractivity contribution in [2.24, 2.45) is 0 Å². The predicted molar refractivity (Wildman–Crippen MR) is 61.3 cm³/mol. The maximum absolute atomic E-state index is 12.0. The molecule has 0 fully saturated rings. The lowest BCUT2D eigenvalue weighted by Crippen LogP contribution is -2.41. The Bertz CT molecular complexity index is 374. The summed E-state index contributed by atoms with van der Waals surface area (Å²) in [6, 6.07) is 0. The van der Waals surface area contributed by atoms with Gasteiger partial charge in [-0.1, -0.05) is 6.92 Å². The minimum Gasteiger partial charge on any atom is -0.347 e. The Morgan fingerprint density at radius 2 is 2.12 bits per heavy atom. The molecule has 7 heteroatoms. The number of H-pyrrole nitrogens is 1. The maximum atomic E-state index is 12.0. The number of hydrogen-bond acceptors (Lipinski definition) is 4. The van der Waals surface area contributed by atoms with Gasteiger partial charge >= 0.3 is 0 Å². The number of nitrogens with zero attached hydrogens (tertiary/aromatic N) is 4. The number of carbonyl (C=O) groups excluding carboxylic acids is 2. The number of rotatable bonds is 5. The summed E-state index contributed by atoms with van der Waals surface area (Å²) in [6.07, 6.45) is 2.05. The van der Waals surface area contributed by atoms with E-state index < -0.39 is 0 Å². The van der Waals surface area contributed by atoms with Crippen LogP contribution in [0.25, 0.3) is 0 Å². The largest absolute Gasteiger partial charge is 0.347 e. The van der Waals surface area contributed by atoms with Gasteiger partial charge < -0.3 is 9.80 Å². The zero-order valence-electron chi connectivity index (χ0n) is 10.3. The van der Waals surface area contributed by atoms with Crippen molar-refractivity contribution >= 4 is 11.8 Å². The van der Waals surface area contributed by atoms with Gasteiger partial charge in [-0.05, 0) is 6.42 Å². The molecule has 0 aliphatic rings. The summed E-state index contributed by atoms with van der Waals surface area (Å²) in [5.41, 5.74) is 0. The van der Waals surface area contributed by atoms with Crippen LogP contribution in [-0.4, -0.2) is 64.0 Å². The van der Waals surface area contributed by atoms with Gasteiger partial charge in [-0.3, -0.25) is 14.7 Å². The van der Waals surface area contributed by atoms with Crippen molar-refractivity contribution in [1.29, 1.82) is 0 Å².